The second-order valence-electron chi connectivity index (χ2n) is 5.75. The third kappa shape index (κ3) is 4.40. The molecule has 6 heteroatoms. The summed E-state index contributed by atoms with van der Waals surface area (Å²) in [5.41, 5.74) is 1.84. The Kier molecular flexibility index (Phi) is 5.86. The van der Waals surface area contributed by atoms with Gasteiger partial charge in [-0.3, -0.25) is 9.78 Å². The number of amides is 1. The summed E-state index contributed by atoms with van der Waals surface area (Å²) in [6.45, 7) is 0.551. The van der Waals surface area contributed by atoms with Gasteiger partial charge in [-0.25, -0.2) is 4.39 Å². The summed E-state index contributed by atoms with van der Waals surface area (Å²) < 4.78 is 13.5. The molecule has 0 bridgehead atoms. The maximum absolute atomic E-state index is 13.5. The zero-order valence-corrected chi connectivity index (χ0v) is 15.2. The summed E-state index contributed by atoms with van der Waals surface area (Å²) in [7, 11) is 0. The predicted octanol–water partition coefficient (Wildman–Crippen LogP) is 5.37. The van der Waals surface area contributed by atoms with Crippen molar-refractivity contribution in [3.63, 3.8) is 0 Å². The van der Waals surface area contributed by atoms with E-state index in [4.69, 9.17) is 23.2 Å². The molecule has 0 aliphatic rings. The highest BCUT2D eigenvalue weighted by Gasteiger charge is 2.19. The van der Waals surface area contributed by atoms with Gasteiger partial charge < -0.3 is 4.90 Å². The number of halogens is 3. The van der Waals surface area contributed by atoms with Crippen molar-refractivity contribution in [2.45, 2.75) is 13.1 Å². The number of rotatable bonds is 5. The Morgan fingerprint density at radius 1 is 1.04 bits per heavy atom. The minimum atomic E-state index is -0.460. The SMILES string of the molecule is O=C(c1cccc(F)c1)N(Cc1cccnc1)Cc1cccc(Cl)c1Cl. The van der Waals surface area contributed by atoms with Crippen molar-refractivity contribution in [1.29, 1.82) is 0 Å². The molecule has 0 aliphatic carbocycles. The van der Waals surface area contributed by atoms with Crippen molar-refractivity contribution in [2.24, 2.45) is 0 Å². The van der Waals surface area contributed by atoms with E-state index in [0.717, 1.165) is 5.56 Å². The van der Waals surface area contributed by atoms with E-state index in [2.05, 4.69) is 4.98 Å². The molecule has 2 aromatic carbocycles. The Labute approximate surface area is 161 Å². The Bertz CT molecular complexity index is 919. The number of hydrogen-bond donors (Lipinski definition) is 0. The molecule has 0 N–H and O–H groups in total. The van der Waals surface area contributed by atoms with E-state index in [1.165, 1.54) is 18.2 Å². The molecule has 0 atom stereocenters. The molecule has 132 valence electrons. The molecule has 0 radical (unpaired) electrons. The van der Waals surface area contributed by atoms with Crippen LogP contribution in [0.15, 0.2) is 67.0 Å². The first-order valence-electron chi connectivity index (χ1n) is 7.91. The second-order valence-corrected chi connectivity index (χ2v) is 6.53. The van der Waals surface area contributed by atoms with Gasteiger partial charge in [0.15, 0.2) is 0 Å². The summed E-state index contributed by atoms with van der Waals surface area (Å²) in [6.07, 6.45) is 3.35. The van der Waals surface area contributed by atoms with Crippen LogP contribution in [0, 0.1) is 5.82 Å². The molecule has 3 nitrogen and oxygen atoms in total. The summed E-state index contributed by atoms with van der Waals surface area (Å²) >= 11 is 12.4. The van der Waals surface area contributed by atoms with Gasteiger partial charge in [0, 0.05) is 31.0 Å². The standard InChI is InChI=1S/C20H15Cl2FN2O/c21-18-8-2-6-16(19(18)22)13-25(12-14-4-3-9-24-11-14)20(26)15-5-1-7-17(23)10-15/h1-11H,12-13H2. The van der Waals surface area contributed by atoms with Crippen molar-refractivity contribution in [3.8, 4) is 0 Å². The summed E-state index contributed by atoms with van der Waals surface area (Å²) in [6, 6.07) is 14.6. The minimum Gasteiger partial charge on any atom is -0.330 e. The van der Waals surface area contributed by atoms with Crippen molar-refractivity contribution in [1.82, 2.24) is 9.88 Å². The molecule has 0 saturated heterocycles. The van der Waals surface area contributed by atoms with Gasteiger partial charge >= 0.3 is 0 Å². The topological polar surface area (TPSA) is 33.2 Å². The van der Waals surface area contributed by atoms with Crippen LogP contribution in [0.1, 0.15) is 21.5 Å². The normalized spacial score (nSPS) is 10.6. The van der Waals surface area contributed by atoms with Gasteiger partial charge in [0.2, 0.25) is 0 Å². The Morgan fingerprint density at radius 2 is 1.85 bits per heavy atom. The van der Waals surface area contributed by atoms with Crippen LogP contribution in [0.4, 0.5) is 4.39 Å². The minimum absolute atomic E-state index is 0.240. The molecular weight excluding hydrogens is 374 g/mol. The van der Waals surface area contributed by atoms with E-state index in [1.807, 2.05) is 12.1 Å². The van der Waals surface area contributed by atoms with Gasteiger partial charge in [-0.15, -0.1) is 0 Å². The van der Waals surface area contributed by atoms with Crippen molar-refractivity contribution >= 4 is 29.1 Å². The number of benzene rings is 2. The number of nitrogens with zero attached hydrogens (tertiary/aromatic N) is 2. The third-order valence-corrected chi connectivity index (χ3v) is 4.71. The first-order chi connectivity index (χ1) is 12.5. The zero-order chi connectivity index (χ0) is 18.5. The van der Waals surface area contributed by atoms with Crippen LogP contribution in [0.2, 0.25) is 10.0 Å². The number of carbonyl (C=O) groups is 1. The summed E-state index contributed by atoms with van der Waals surface area (Å²) in [5.74, 6) is -0.762. The van der Waals surface area contributed by atoms with Gasteiger partial charge in [-0.1, -0.05) is 47.5 Å². The lowest BCUT2D eigenvalue weighted by molar-refractivity contribution is 0.0729. The van der Waals surface area contributed by atoms with E-state index in [9.17, 15) is 9.18 Å². The molecule has 3 rings (SSSR count). The first-order valence-corrected chi connectivity index (χ1v) is 8.67. The summed E-state index contributed by atoms with van der Waals surface area (Å²) in [4.78, 5) is 18.6. The fourth-order valence-corrected chi connectivity index (χ4v) is 2.97. The lowest BCUT2D eigenvalue weighted by Gasteiger charge is -2.24. The second kappa shape index (κ2) is 8.30. The molecular formula is C20H15Cl2FN2O. The van der Waals surface area contributed by atoms with Crippen LogP contribution in [-0.4, -0.2) is 15.8 Å². The smallest absolute Gasteiger partial charge is 0.254 e. The highest BCUT2D eigenvalue weighted by molar-refractivity contribution is 6.42. The summed E-state index contributed by atoms with van der Waals surface area (Å²) in [5, 5.41) is 0.820. The molecule has 0 saturated carbocycles. The number of pyridine rings is 1. The molecule has 0 spiro atoms. The quantitative estimate of drug-likeness (QED) is 0.588. The number of aromatic nitrogens is 1. The van der Waals surface area contributed by atoms with Gasteiger partial charge in [0.1, 0.15) is 5.82 Å². The molecule has 1 heterocycles. The average molecular weight is 389 g/mol. The third-order valence-electron chi connectivity index (χ3n) is 3.85. The monoisotopic (exact) mass is 388 g/mol. The predicted molar refractivity (Wildman–Crippen MR) is 101 cm³/mol. The molecule has 26 heavy (non-hydrogen) atoms. The molecule has 0 unspecified atom stereocenters. The molecule has 1 amide bonds. The van der Waals surface area contributed by atoms with E-state index in [-0.39, 0.29) is 18.0 Å². The van der Waals surface area contributed by atoms with E-state index >= 15 is 0 Å². The largest absolute Gasteiger partial charge is 0.330 e. The first kappa shape index (κ1) is 18.4. The van der Waals surface area contributed by atoms with Crippen LogP contribution in [0.25, 0.3) is 0 Å². The van der Waals surface area contributed by atoms with E-state index in [1.54, 1.807) is 41.6 Å². The maximum Gasteiger partial charge on any atom is 0.254 e. The highest BCUT2D eigenvalue weighted by Crippen LogP contribution is 2.27. The van der Waals surface area contributed by atoms with Gasteiger partial charge in [-0.2, -0.15) is 0 Å². The Hall–Kier alpha value is -2.43. The molecule has 0 fully saturated rings. The van der Waals surface area contributed by atoms with Gasteiger partial charge in [0.25, 0.3) is 5.91 Å². The van der Waals surface area contributed by atoms with Crippen molar-refractivity contribution in [2.75, 3.05) is 0 Å². The lowest BCUT2D eigenvalue weighted by atomic mass is 10.1. The fraction of sp³-hybridized carbons (Fsp3) is 0.100. The van der Waals surface area contributed by atoms with Gasteiger partial charge in [-0.05, 0) is 41.5 Å². The van der Waals surface area contributed by atoms with Gasteiger partial charge in [0.05, 0.1) is 10.0 Å². The number of carbonyl (C=O) groups excluding carboxylic acids is 1. The van der Waals surface area contributed by atoms with Crippen molar-refractivity contribution < 1.29 is 9.18 Å². The molecule has 3 aromatic rings. The van der Waals surface area contributed by atoms with Crippen LogP contribution in [0.3, 0.4) is 0 Å². The lowest BCUT2D eigenvalue weighted by Crippen LogP contribution is -2.30. The van der Waals surface area contributed by atoms with Crippen LogP contribution >= 0.6 is 23.2 Å². The van der Waals surface area contributed by atoms with Crippen LogP contribution in [-0.2, 0) is 13.1 Å². The fourth-order valence-electron chi connectivity index (χ4n) is 2.59. The molecule has 1 aromatic heterocycles. The van der Waals surface area contributed by atoms with E-state index < -0.39 is 5.82 Å². The zero-order valence-electron chi connectivity index (χ0n) is 13.7. The maximum atomic E-state index is 13.5. The highest BCUT2D eigenvalue weighted by atomic mass is 35.5. The Morgan fingerprint density at radius 3 is 2.58 bits per heavy atom. The Balaban J connectivity index is 1.93. The van der Waals surface area contributed by atoms with Crippen molar-refractivity contribution in [3.05, 3.63) is 99.5 Å². The average Bonchev–Trinajstić information content (AvgIpc) is 2.65. The van der Waals surface area contributed by atoms with Crippen LogP contribution in [0.5, 0.6) is 0 Å². The van der Waals surface area contributed by atoms with E-state index in [0.29, 0.717) is 22.2 Å². The van der Waals surface area contributed by atoms with Crippen LogP contribution < -0.4 is 0 Å². The number of hydrogen-bond acceptors (Lipinski definition) is 2. The molecule has 0 aliphatic heterocycles.